The molecule has 2 unspecified atom stereocenters. The van der Waals surface area contributed by atoms with E-state index in [4.69, 9.17) is 18.9 Å². The summed E-state index contributed by atoms with van der Waals surface area (Å²) in [6.07, 6.45) is 12.1. The lowest BCUT2D eigenvalue weighted by molar-refractivity contribution is 0.0516. The molecule has 60 heavy (non-hydrogen) atoms. The van der Waals surface area contributed by atoms with E-state index in [0.717, 1.165) is 87.2 Å². The fourth-order valence-corrected chi connectivity index (χ4v) is 8.25. The second-order valence-corrected chi connectivity index (χ2v) is 15.9. The summed E-state index contributed by atoms with van der Waals surface area (Å²) in [5, 5.41) is 12.2. The number of rotatable bonds is 20. The molecule has 0 bridgehead atoms. The number of nitrogens with one attached hydrogen (secondary N) is 2. The number of carbonyl (C=O) groups is 1. The lowest BCUT2D eigenvalue weighted by atomic mass is 10.1. The predicted molar refractivity (Wildman–Crippen MR) is 238 cm³/mol. The van der Waals surface area contributed by atoms with Gasteiger partial charge in [0, 0.05) is 109 Å². The van der Waals surface area contributed by atoms with Crippen molar-refractivity contribution in [3.63, 3.8) is 0 Å². The molecule has 0 radical (unpaired) electrons. The van der Waals surface area contributed by atoms with Crippen molar-refractivity contribution in [2.24, 2.45) is 0 Å². The number of anilines is 2. The van der Waals surface area contributed by atoms with Gasteiger partial charge in [0.1, 0.15) is 11.5 Å². The van der Waals surface area contributed by atoms with Gasteiger partial charge < -0.3 is 29.6 Å². The maximum absolute atomic E-state index is 12.1. The Bertz CT molecular complexity index is 2140. The Morgan fingerprint density at radius 2 is 1.05 bits per heavy atom. The maximum Gasteiger partial charge on any atom is 0.508 e. The molecule has 11 heteroatoms. The van der Waals surface area contributed by atoms with Crippen molar-refractivity contribution >= 4 is 39.1 Å². The smallest absolute Gasteiger partial charge is 0.494 e. The second kappa shape index (κ2) is 20.9. The van der Waals surface area contributed by atoms with Crippen molar-refractivity contribution in [2.75, 3.05) is 63.2 Å². The highest BCUT2D eigenvalue weighted by Gasteiger charge is 2.24. The van der Waals surface area contributed by atoms with E-state index in [1.54, 1.807) is 0 Å². The van der Waals surface area contributed by atoms with Gasteiger partial charge in [-0.25, -0.2) is 4.79 Å². The maximum atomic E-state index is 12.1. The van der Waals surface area contributed by atoms with Crippen LogP contribution in [0.25, 0.3) is 21.5 Å². The molecule has 0 aliphatic carbocycles. The molecule has 0 spiro atoms. The number of fused-ring (bicyclic) bond motifs is 2. The monoisotopic (exact) mass is 808 g/mol. The first-order chi connectivity index (χ1) is 29.6. The molecule has 6 aromatic rings. The van der Waals surface area contributed by atoms with Gasteiger partial charge in [-0.3, -0.25) is 19.8 Å². The third-order valence-electron chi connectivity index (χ3n) is 11.3. The molecule has 2 aromatic heterocycles. The van der Waals surface area contributed by atoms with Gasteiger partial charge in [0.25, 0.3) is 0 Å². The summed E-state index contributed by atoms with van der Waals surface area (Å²) in [6.45, 7) is 7.58. The molecule has 2 fully saturated rings. The van der Waals surface area contributed by atoms with Gasteiger partial charge in [-0.15, -0.1) is 0 Å². The molecule has 2 saturated heterocycles. The summed E-state index contributed by atoms with van der Waals surface area (Å²) < 4.78 is 22.6. The fourth-order valence-electron chi connectivity index (χ4n) is 8.25. The van der Waals surface area contributed by atoms with Crippen molar-refractivity contribution in [1.29, 1.82) is 0 Å². The standard InChI is InChI=1S/C49H56N6O5/c56-49(59-27-3-1-25-57-43-13-5-9-37(29-43)33-54-23-19-41(35-54)52-47-15-7-11-39-31-50-21-17-45(39)47)60-28-4-2-26-58-44-14-6-10-38(30-44)34-55-24-20-42(36-55)53-48-16-8-12-40-32-51-22-18-46(40)48/h5-18,21-22,29-32,41-42,52-53H,1-4,19-20,23-28,33-36H2. The lowest BCUT2D eigenvalue weighted by Crippen LogP contribution is -2.26. The predicted octanol–water partition coefficient (Wildman–Crippen LogP) is 9.33. The normalized spacial score (nSPS) is 16.9. The van der Waals surface area contributed by atoms with Crippen molar-refractivity contribution in [3.05, 3.63) is 133 Å². The zero-order valence-corrected chi connectivity index (χ0v) is 34.3. The number of pyridine rings is 2. The molecule has 11 nitrogen and oxygen atoms in total. The van der Waals surface area contributed by atoms with Crippen molar-refractivity contribution < 1.29 is 23.7 Å². The first kappa shape index (κ1) is 40.9. The molecule has 2 atom stereocenters. The van der Waals surface area contributed by atoms with E-state index in [-0.39, 0.29) is 0 Å². The lowest BCUT2D eigenvalue weighted by Gasteiger charge is -2.19. The number of hydrogen-bond acceptors (Lipinski definition) is 11. The van der Waals surface area contributed by atoms with Gasteiger partial charge in [-0.2, -0.15) is 0 Å². The highest BCUT2D eigenvalue weighted by atomic mass is 16.7. The zero-order valence-electron chi connectivity index (χ0n) is 34.3. The topological polar surface area (TPSA) is 110 Å². The summed E-state index contributed by atoms with van der Waals surface area (Å²) in [4.78, 5) is 25.6. The summed E-state index contributed by atoms with van der Waals surface area (Å²) in [6, 6.07) is 34.3. The minimum Gasteiger partial charge on any atom is -0.494 e. The van der Waals surface area contributed by atoms with Crippen LogP contribution in [0.2, 0.25) is 0 Å². The number of nitrogens with zero attached hydrogens (tertiary/aromatic N) is 4. The zero-order chi connectivity index (χ0) is 40.8. The summed E-state index contributed by atoms with van der Waals surface area (Å²) in [5.41, 5.74) is 4.82. The molecule has 8 rings (SSSR count). The Morgan fingerprint density at radius 1 is 0.583 bits per heavy atom. The highest BCUT2D eigenvalue weighted by molar-refractivity contribution is 5.94. The van der Waals surface area contributed by atoms with Gasteiger partial charge >= 0.3 is 6.16 Å². The third-order valence-corrected chi connectivity index (χ3v) is 11.3. The Hall–Kier alpha value is -5.91. The van der Waals surface area contributed by atoms with Crippen LogP contribution >= 0.6 is 0 Å². The highest BCUT2D eigenvalue weighted by Crippen LogP contribution is 2.28. The van der Waals surface area contributed by atoms with Gasteiger partial charge in [-0.05, 0) is 98.2 Å². The average molecular weight is 809 g/mol. The van der Waals surface area contributed by atoms with Crippen molar-refractivity contribution in [1.82, 2.24) is 19.8 Å². The average Bonchev–Trinajstić information content (AvgIpc) is 3.92. The van der Waals surface area contributed by atoms with E-state index in [9.17, 15) is 4.79 Å². The van der Waals surface area contributed by atoms with Crippen LogP contribution < -0.4 is 20.1 Å². The number of benzene rings is 4. The van der Waals surface area contributed by atoms with Crippen LogP contribution in [-0.4, -0.2) is 90.6 Å². The Labute approximate surface area is 353 Å². The van der Waals surface area contributed by atoms with Crippen LogP contribution in [0, 0.1) is 0 Å². The van der Waals surface area contributed by atoms with E-state index in [1.165, 1.54) is 33.3 Å². The van der Waals surface area contributed by atoms with E-state index in [2.05, 4.69) is 115 Å². The molecule has 4 heterocycles. The molecule has 0 amide bonds. The van der Waals surface area contributed by atoms with Gasteiger partial charge in [0.15, 0.2) is 0 Å². The number of ether oxygens (including phenoxy) is 4. The number of likely N-dealkylation sites (tertiary alicyclic amines) is 2. The van der Waals surface area contributed by atoms with E-state index in [1.807, 2.05) is 36.9 Å². The van der Waals surface area contributed by atoms with Crippen molar-refractivity contribution in [2.45, 2.75) is 63.7 Å². The summed E-state index contributed by atoms with van der Waals surface area (Å²) >= 11 is 0. The van der Waals surface area contributed by atoms with E-state index < -0.39 is 6.16 Å². The quantitative estimate of drug-likeness (QED) is 0.0569. The Kier molecular flexibility index (Phi) is 14.2. The minimum atomic E-state index is -0.625. The number of hydrogen-bond donors (Lipinski definition) is 2. The fraction of sp³-hybridized carbons (Fsp3) is 0.367. The van der Waals surface area contributed by atoms with Crippen LogP contribution in [0.3, 0.4) is 0 Å². The number of aromatic nitrogens is 2. The van der Waals surface area contributed by atoms with E-state index >= 15 is 0 Å². The van der Waals surface area contributed by atoms with Crippen LogP contribution in [0.15, 0.2) is 122 Å². The SMILES string of the molecule is O=C(OCCCCOc1cccc(CN2CCC(Nc3cccc4cnccc34)C2)c1)OCCCCOc1cccc(CN2CCC(Nc3cccc4cnccc34)C2)c1. The molecule has 0 saturated carbocycles. The van der Waals surface area contributed by atoms with Crippen molar-refractivity contribution in [3.8, 4) is 11.5 Å². The van der Waals surface area contributed by atoms with Gasteiger partial charge in [-0.1, -0.05) is 48.5 Å². The Balaban J connectivity index is 0.644. The summed E-state index contributed by atoms with van der Waals surface area (Å²) in [5.74, 6) is 1.73. The molecule has 2 N–H and O–H groups in total. The van der Waals surface area contributed by atoms with Crippen LogP contribution in [0.5, 0.6) is 11.5 Å². The second-order valence-electron chi connectivity index (χ2n) is 15.9. The molecular weight excluding hydrogens is 753 g/mol. The summed E-state index contributed by atoms with van der Waals surface area (Å²) in [7, 11) is 0. The van der Waals surface area contributed by atoms with Gasteiger partial charge in [0.2, 0.25) is 0 Å². The van der Waals surface area contributed by atoms with Gasteiger partial charge in [0.05, 0.1) is 26.4 Å². The molecular formula is C49H56N6O5. The number of unbranched alkanes of at least 4 members (excludes halogenated alkanes) is 2. The first-order valence-electron chi connectivity index (χ1n) is 21.5. The van der Waals surface area contributed by atoms with Crippen LogP contribution in [-0.2, 0) is 22.6 Å². The Morgan fingerprint density at radius 3 is 1.55 bits per heavy atom. The van der Waals surface area contributed by atoms with Crippen LogP contribution in [0.4, 0.5) is 16.2 Å². The van der Waals surface area contributed by atoms with Crippen LogP contribution in [0.1, 0.15) is 49.7 Å². The minimum absolute atomic E-state index is 0.304. The first-order valence-corrected chi connectivity index (χ1v) is 21.5. The molecule has 4 aromatic carbocycles. The number of carbonyl (C=O) groups excluding carboxylic acids is 1. The molecule has 312 valence electrons. The largest absolute Gasteiger partial charge is 0.508 e. The third kappa shape index (κ3) is 11.6. The van der Waals surface area contributed by atoms with E-state index in [0.29, 0.717) is 51.4 Å². The molecule has 2 aliphatic heterocycles. The molecule has 2 aliphatic rings.